The van der Waals surface area contributed by atoms with Crippen LogP contribution in [0.5, 0.6) is 0 Å². The van der Waals surface area contributed by atoms with Crippen LogP contribution in [0.4, 0.5) is 18.9 Å². The van der Waals surface area contributed by atoms with Crippen LogP contribution in [0.3, 0.4) is 0 Å². The minimum Gasteiger partial charge on any atom is -0.385 e. The molecule has 1 aliphatic rings. The Morgan fingerprint density at radius 1 is 1.29 bits per heavy atom. The fourth-order valence-corrected chi connectivity index (χ4v) is 1.61. The van der Waals surface area contributed by atoms with Gasteiger partial charge in [-0.2, -0.15) is 0 Å². The molecule has 2 rings (SSSR count). The highest BCUT2D eigenvalue weighted by Gasteiger charge is 2.31. The largest absolute Gasteiger partial charge is 0.385 e. The van der Waals surface area contributed by atoms with Gasteiger partial charge in [-0.05, 0) is 17.7 Å². The Bertz CT molecular complexity index is 349. The molecule has 0 bridgehead atoms. The van der Waals surface area contributed by atoms with E-state index in [0.29, 0.717) is 11.3 Å². The van der Waals surface area contributed by atoms with E-state index in [2.05, 4.69) is 5.32 Å². The summed E-state index contributed by atoms with van der Waals surface area (Å²) < 4.78 is 39.0. The molecule has 1 aromatic rings. The Labute approximate surface area is 79.9 Å². The molecule has 0 amide bonds. The average Bonchev–Trinajstić information content (AvgIpc) is 2.22. The quantitative estimate of drug-likeness (QED) is 0.680. The van der Waals surface area contributed by atoms with Crippen LogP contribution >= 0.6 is 0 Å². The first-order valence-corrected chi connectivity index (χ1v) is 4.47. The van der Waals surface area contributed by atoms with E-state index in [0.717, 1.165) is 0 Å². The second-order valence-electron chi connectivity index (χ2n) is 3.51. The SMILES string of the molecule is Fc1ccc2c(c1)NCCC(F)(F)C2. The molecule has 14 heavy (non-hydrogen) atoms. The second kappa shape index (κ2) is 3.19. The Kier molecular flexibility index (Phi) is 2.13. The van der Waals surface area contributed by atoms with Crippen LogP contribution in [0.15, 0.2) is 18.2 Å². The van der Waals surface area contributed by atoms with Crippen molar-refractivity contribution < 1.29 is 13.2 Å². The molecule has 1 aromatic carbocycles. The maximum Gasteiger partial charge on any atom is 0.253 e. The lowest BCUT2D eigenvalue weighted by molar-refractivity contribution is -0.00196. The summed E-state index contributed by atoms with van der Waals surface area (Å²) in [5.74, 6) is -3.09. The Balaban J connectivity index is 2.37. The van der Waals surface area contributed by atoms with Gasteiger partial charge in [0.05, 0.1) is 0 Å². The third-order valence-corrected chi connectivity index (χ3v) is 2.33. The summed E-state index contributed by atoms with van der Waals surface area (Å²) in [6, 6.07) is 3.88. The number of fused-ring (bicyclic) bond motifs is 1. The monoisotopic (exact) mass is 201 g/mol. The van der Waals surface area contributed by atoms with Gasteiger partial charge in [0.2, 0.25) is 0 Å². The summed E-state index contributed by atoms with van der Waals surface area (Å²) in [6.45, 7) is 0.184. The molecule has 0 fully saturated rings. The molecule has 1 nitrogen and oxygen atoms in total. The minimum atomic E-state index is -2.68. The van der Waals surface area contributed by atoms with Gasteiger partial charge < -0.3 is 5.32 Å². The van der Waals surface area contributed by atoms with Crippen molar-refractivity contribution in [3.05, 3.63) is 29.6 Å². The van der Waals surface area contributed by atoms with Crippen molar-refractivity contribution in [3.63, 3.8) is 0 Å². The Morgan fingerprint density at radius 3 is 2.86 bits per heavy atom. The van der Waals surface area contributed by atoms with E-state index in [1.54, 1.807) is 0 Å². The van der Waals surface area contributed by atoms with E-state index >= 15 is 0 Å². The molecule has 1 aliphatic heterocycles. The molecule has 0 saturated carbocycles. The molecule has 1 heterocycles. The van der Waals surface area contributed by atoms with Crippen LogP contribution in [0.1, 0.15) is 12.0 Å². The van der Waals surface area contributed by atoms with Crippen molar-refractivity contribution in [2.45, 2.75) is 18.8 Å². The number of alkyl halides is 2. The fraction of sp³-hybridized carbons (Fsp3) is 0.400. The summed E-state index contributed by atoms with van der Waals surface area (Å²) in [7, 11) is 0. The summed E-state index contributed by atoms with van der Waals surface area (Å²) >= 11 is 0. The van der Waals surface area contributed by atoms with E-state index in [1.165, 1.54) is 18.2 Å². The number of rotatable bonds is 0. The number of hydrogen-bond donors (Lipinski definition) is 1. The van der Waals surface area contributed by atoms with Crippen LogP contribution in [0.25, 0.3) is 0 Å². The van der Waals surface area contributed by atoms with Crippen LogP contribution in [-0.4, -0.2) is 12.5 Å². The number of nitrogens with one attached hydrogen (secondary N) is 1. The van der Waals surface area contributed by atoms with Crippen LogP contribution in [-0.2, 0) is 6.42 Å². The minimum absolute atomic E-state index is 0.184. The molecule has 0 aliphatic carbocycles. The predicted molar refractivity (Wildman–Crippen MR) is 48.2 cm³/mol. The highest BCUT2D eigenvalue weighted by atomic mass is 19.3. The van der Waals surface area contributed by atoms with Crippen molar-refractivity contribution >= 4 is 5.69 Å². The third-order valence-electron chi connectivity index (χ3n) is 2.33. The Morgan fingerprint density at radius 2 is 2.07 bits per heavy atom. The maximum atomic E-state index is 13.1. The van der Waals surface area contributed by atoms with E-state index in [1.807, 2.05) is 0 Å². The number of halogens is 3. The van der Waals surface area contributed by atoms with Gasteiger partial charge in [-0.1, -0.05) is 6.07 Å². The zero-order valence-electron chi connectivity index (χ0n) is 7.49. The van der Waals surface area contributed by atoms with E-state index in [4.69, 9.17) is 0 Å². The molecular weight excluding hydrogens is 191 g/mol. The first kappa shape index (κ1) is 9.37. The zero-order valence-corrected chi connectivity index (χ0v) is 7.49. The van der Waals surface area contributed by atoms with Crippen molar-refractivity contribution in [1.82, 2.24) is 0 Å². The van der Waals surface area contributed by atoms with Crippen molar-refractivity contribution in [3.8, 4) is 0 Å². The average molecular weight is 201 g/mol. The number of hydrogen-bond acceptors (Lipinski definition) is 1. The molecule has 0 spiro atoms. The Hall–Kier alpha value is -1.19. The highest BCUT2D eigenvalue weighted by Crippen LogP contribution is 2.31. The van der Waals surface area contributed by atoms with Crippen molar-refractivity contribution in [2.75, 3.05) is 11.9 Å². The van der Waals surface area contributed by atoms with Crippen molar-refractivity contribution in [1.29, 1.82) is 0 Å². The molecule has 0 saturated heterocycles. The van der Waals surface area contributed by atoms with Gasteiger partial charge in [0, 0.05) is 25.1 Å². The maximum absolute atomic E-state index is 13.1. The number of benzene rings is 1. The molecule has 76 valence electrons. The van der Waals surface area contributed by atoms with Gasteiger partial charge >= 0.3 is 0 Å². The summed E-state index contributed by atoms with van der Waals surface area (Å²) in [6.07, 6.45) is -0.515. The van der Waals surface area contributed by atoms with Gasteiger partial charge in [0.25, 0.3) is 5.92 Å². The lowest BCUT2D eigenvalue weighted by Gasteiger charge is -2.12. The molecule has 0 atom stereocenters. The second-order valence-corrected chi connectivity index (χ2v) is 3.51. The third kappa shape index (κ3) is 1.84. The number of anilines is 1. The van der Waals surface area contributed by atoms with Gasteiger partial charge in [-0.25, -0.2) is 13.2 Å². The molecule has 0 radical (unpaired) electrons. The molecule has 0 aromatic heterocycles. The molecule has 0 unspecified atom stereocenters. The molecule has 1 N–H and O–H groups in total. The van der Waals surface area contributed by atoms with E-state index in [9.17, 15) is 13.2 Å². The lowest BCUT2D eigenvalue weighted by Crippen LogP contribution is -2.19. The predicted octanol–water partition coefficient (Wildman–Crippen LogP) is 2.82. The molecule has 4 heteroatoms. The van der Waals surface area contributed by atoms with E-state index < -0.39 is 11.7 Å². The van der Waals surface area contributed by atoms with Gasteiger partial charge in [-0.15, -0.1) is 0 Å². The topological polar surface area (TPSA) is 12.0 Å². The van der Waals surface area contributed by atoms with Crippen molar-refractivity contribution in [2.24, 2.45) is 0 Å². The fourth-order valence-electron chi connectivity index (χ4n) is 1.61. The van der Waals surface area contributed by atoms with Gasteiger partial charge in [0.1, 0.15) is 5.82 Å². The van der Waals surface area contributed by atoms with Crippen LogP contribution in [0.2, 0.25) is 0 Å². The molecular formula is C10H10F3N. The van der Waals surface area contributed by atoms with Gasteiger partial charge in [-0.3, -0.25) is 0 Å². The van der Waals surface area contributed by atoms with Crippen LogP contribution < -0.4 is 5.32 Å². The lowest BCUT2D eigenvalue weighted by atomic mass is 10.1. The summed E-state index contributed by atoms with van der Waals surface area (Å²) in [5, 5.41) is 2.80. The summed E-state index contributed by atoms with van der Waals surface area (Å²) in [4.78, 5) is 0. The zero-order chi connectivity index (χ0) is 10.2. The van der Waals surface area contributed by atoms with Crippen LogP contribution in [0, 0.1) is 5.82 Å². The van der Waals surface area contributed by atoms with E-state index in [-0.39, 0.29) is 19.4 Å². The highest BCUT2D eigenvalue weighted by molar-refractivity contribution is 5.52. The first-order chi connectivity index (χ1) is 6.57. The standard InChI is InChI=1S/C10H10F3N/c11-8-2-1-7-6-10(12,13)3-4-14-9(7)5-8/h1-2,5,14H,3-4,6H2. The normalized spacial score (nSPS) is 19.4. The summed E-state index contributed by atoms with van der Waals surface area (Å²) in [5.41, 5.74) is 0.969. The smallest absolute Gasteiger partial charge is 0.253 e. The first-order valence-electron chi connectivity index (χ1n) is 4.47. The van der Waals surface area contributed by atoms with Gasteiger partial charge in [0.15, 0.2) is 0 Å².